The maximum atomic E-state index is 10.3. The van der Waals surface area contributed by atoms with Gasteiger partial charge in [0, 0.05) is 16.5 Å². The van der Waals surface area contributed by atoms with E-state index in [1.807, 2.05) is 86.6 Å². The molecule has 0 aliphatic heterocycles. The molecule has 44 heavy (non-hydrogen) atoms. The zero-order valence-electron chi connectivity index (χ0n) is 24.5. The molecular formula is C37H34N4O3. The highest BCUT2D eigenvalue weighted by atomic mass is 16.3. The second-order valence-electron chi connectivity index (χ2n) is 10.5. The van der Waals surface area contributed by atoms with E-state index >= 15 is 0 Å². The van der Waals surface area contributed by atoms with E-state index in [0.717, 1.165) is 22.3 Å². The minimum atomic E-state index is -0.662. The molecule has 0 spiro atoms. The second kappa shape index (κ2) is 13.2. The molecule has 0 aliphatic carbocycles. The first kappa shape index (κ1) is 30.8. The van der Waals surface area contributed by atoms with Gasteiger partial charge in [-0.05, 0) is 59.7 Å². The number of hydrogen-bond donors (Lipinski definition) is 7. The van der Waals surface area contributed by atoms with E-state index in [9.17, 15) is 10.2 Å². The quantitative estimate of drug-likeness (QED) is 0.0768. The van der Waals surface area contributed by atoms with Gasteiger partial charge in [0.05, 0.1) is 33.9 Å². The van der Waals surface area contributed by atoms with Gasteiger partial charge in [0.2, 0.25) is 0 Å². The third kappa shape index (κ3) is 6.82. The van der Waals surface area contributed by atoms with Crippen molar-refractivity contribution in [2.45, 2.75) is 19.3 Å². The largest absolute Gasteiger partial charge is 0.506 e. The average Bonchev–Trinajstić information content (AvgIpc) is 3.02. The van der Waals surface area contributed by atoms with Crippen molar-refractivity contribution in [3.63, 3.8) is 0 Å². The van der Waals surface area contributed by atoms with Crippen LogP contribution in [0.5, 0.6) is 17.2 Å². The number of benzene rings is 5. The van der Waals surface area contributed by atoms with Crippen molar-refractivity contribution in [2.24, 2.45) is 0 Å². The van der Waals surface area contributed by atoms with Crippen LogP contribution in [0.2, 0.25) is 0 Å². The van der Waals surface area contributed by atoms with E-state index in [2.05, 4.69) is 23.7 Å². The van der Waals surface area contributed by atoms with Crippen molar-refractivity contribution in [3.05, 3.63) is 137 Å². The molecule has 0 bridgehead atoms. The Hall–Kier alpha value is -6.18. The van der Waals surface area contributed by atoms with Crippen LogP contribution in [-0.2, 0) is 5.41 Å². The van der Waals surface area contributed by atoms with Crippen LogP contribution in [0.15, 0.2) is 103 Å². The summed E-state index contributed by atoms with van der Waals surface area (Å²) in [6.07, 6.45) is 0. The summed E-state index contributed by atoms with van der Waals surface area (Å²) in [6, 6.07) is 30.7. The van der Waals surface area contributed by atoms with Crippen molar-refractivity contribution in [3.8, 4) is 40.9 Å². The monoisotopic (exact) mass is 582 g/mol. The number of aromatic hydroxyl groups is 3. The fourth-order valence-electron chi connectivity index (χ4n) is 4.56. The SMILES string of the molecule is CC(C)(c1ccc(O)c(N)c1C#Cc1ccccc1)c1ccc(O)c(N)c1C#Cc1ccccc1.Nc1cccc(O)c1N. The Morgan fingerprint density at radius 3 is 1.25 bits per heavy atom. The van der Waals surface area contributed by atoms with Gasteiger partial charge in [0.25, 0.3) is 0 Å². The van der Waals surface area contributed by atoms with Gasteiger partial charge in [-0.1, -0.05) is 92.1 Å². The van der Waals surface area contributed by atoms with Crippen LogP contribution < -0.4 is 22.9 Å². The van der Waals surface area contributed by atoms with Gasteiger partial charge in [-0.25, -0.2) is 0 Å². The number of para-hydroxylation sites is 1. The number of nitrogens with two attached hydrogens (primary N) is 4. The smallest absolute Gasteiger partial charge is 0.140 e. The normalized spacial score (nSPS) is 10.3. The van der Waals surface area contributed by atoms with Crippen LogP contribution in [0.1, 0.15) is 47.2 Å². The molecule has 0 saturated heterocycles. The summed E-state index contributed by atoms with van der Waals surface area (Å²) in [6.45, 7) is 4.04. The van der Waals surface area contributed by atoms with Crippen molar-refractivity contribution < 1.29 is 15.3 Å². The van der Waals surface area contributed by atoms with Crippen molar-refractivity contribution in [1.82, 2.24) is 0 Å². The summed E-state index contributed by atoms with van der Waals surface area (Å²) in [4.78, 5) is 0. The molecule has 0 atom stereocenters. The molecule has 11 N–H and O–H groups in total. The fraction of sp³-hybridized carbons (Fsp3) is 0.0811. The molecule has 7 nitrogen and oxygen atoms in total. The molecule has 0 saturated carbocycles. The Balaban J connectivity index is 0.000000421. The van der Waals surface area contributed by atoms with E-state index in [1.54, 1.807) is 24.3 Å². The molecule has 0 aromatic heterocycles. The minimum Gasteiger partial charge on any atom is -0.506 e. The Bertz CT molecular complexity index is 1780. The summed E-state index contributed by atoms with van der Waals surface area (Å²) in [5, 5.41) is 29.6. The van der Waals surface area contributed by atoms with Gasteiger partial charge in [-0.3, -0.25) is 0 Å². The maximum Gasteiger partial charge on any atom is 0.140 e. The fourth-order valence-corrected chi connectivity index (χ4v) is 4.56. The molecule has 5 aromatic rings. The highest BCUT2D eigenvalue weighted by Gasteiger charge is 2.30. The first-order valence-electron chi connectivity index (χ1n) is 13.7. The van der Waals surface area contributed by atoms with E-state index in [4.69, 9.17) is 28.0 Å². The van der Waals surface area contributed by atoms with Crippen molar-refractivity contribution >= 4 is 22.7 Å². The lowest BCUT2D eigenvalue weighted by molar-refractivity contribution is 0.476. The zero-order chi connectivity index (χ0) is 31.9. The van der Waals surface area contributed by atoms with Crippen molar-refractivity contribution in [1.29, 1.82) is 0 Å². The molecule has 0 aliphatic rings. The van der Waals surface area contributed by atoms with Crippen LogP contribution in [0.25, 0.3) is 0 Å². The highest BCUT2D eigenvalue weighted by molar-refractivity contribution is 5.74. The van der Waals surface area contributed by atoms with Crippen LogP contribution >= 0.6 is 0 Å². The van der Waals surface area contributed by atoms with Crippen LogP contribution in [0.3, 0.4) is 0 Å². The highest BCUT2D eigenvalue weighted by Crippen LogP contribution is 2.42. The number of phenolic OH excluding ortho intramolecular Hbond substituents is 3. The van der Waals surface area contributed by atoms with E-state index in [-0.39, 0.29) is 34.3 Å². The summed E-state index contributed by atoms with van der Waals surface area (Å²) >= 11 is 0. The molecule has 5 aromatic carbocycles. The van der Waals surface area contributed by atoms with E-state index in [0.29, 0.717) is 16.8 Å². The van der Waals surface area contributed by atoms with Gasteiger partial charge in [0.15, 0.2) is 0 Å². The molecular weight excluding hydrogens is 548 g/mol. The zero-order valence-corrected chi connectivity index (χ0v) is 24.5. The molecule has 0 fully saturated rings. The topological polar surface area (TPSA) is 165 Å². The van der Waals surface area contributed by atoms with Crippen LogP contribution in [-0.4, -0.2) is 15.3 Å². The van der Waals surface area contributed by atoms with Crippen LogP contribution in [0, 0.1) is 23.7 Å². The molecule has 0 unspecified atom stereocenters. The Kier molecular flexibility index (Phi) is 9.23. The molecule has 5 rings (SSSR count). The lowest BCUT2D eigenvalue weighted by Gasteiger charge is -2.30. The molecule has 0 heterocycles. The van der Waals surface area contributed by atoms with E-state index in [1.165, 1.54) is 6.07 Å². The van der Waals surface area contributed by atoms with Gasteiger partial charge in [-0.2, -0.15) is 0 Å². The Labute approximate surface area is 257 Å². The van der Waals surface area contributed by atoms with Gasteiger partial charge in [-0.15, -0.1) is 0 Å². The molecule has 7 heteroatoms. The van der Waals surface area contributed by atoms with Gasteiger partial charge in [0.1, 0.15) is 17.2 Å². The lowest BCUT2D eigenvalue weighted by atomic mass is 9.73. The predicted molar refractivity (Wildman–Crippen MR) is 179 cm³/mol. The third-order valence-electron chi connectivity index (χ3n) is 7.12. The van der Waals surface area contributed by atoms with Gasteiger partial charge < -0.3 is 38.3 Å². The van der Waals surface area contributed by atoms with Crippen molar-refractivity contribution in [2.75, 3.05) is 22.9 Å². The standard InChI is InChI=1S/C31H26N2O2.C6H8N2O/c1-31(2,25-17-19-27(34)29(32)23(25)15-13-21-9-5-3-6-10-21)26-18-20-28(35)30(33)24(26)16-14-22-11-7-4-8-12-22;7-4-2-1-3-5(9)6(4)8/h3-12,17-20,34-35H,32-33H2,1-2H3;1-3,9H,7-8H2. The summed E-state index contributed by atoms with van der Waals surface area (Å²) in [5.74, 6) is 12.6. The number of anilines is 4. The first-order valence-corrected chi connectivity index (χ1v) is 13.7. The molecule has 0 amide bonds. The van der Waals surface area contributed by atoms with Crippen LogP contribution in [0.4, 0.5) is 22.7 Å². The third-order valence-corrected chi connectivity index (χ3v) is 7.12. The summed E-state index contributed by atoms with van der Waals surface area (Å²) in [7, 11) is 0. The summed E-state index contributed by atoms with van der Waals surface area (Å²) < 4.78 is 0. The first-order chi connectivity index (χ1) is 21.0. The number of hydrogen-bond acceptors (Lipinski definition) is 7. The number of rotatable bonds is 2. The minimum absolute atomic E-state index is 0.0313. The maximum absolute atomic E-state index is 10.3. The molecule has 220 valence electrons. The number of phenols is 3. The Morgan fingerprint density at radius 1 is 0.455 bits per heavy atom. The lowest BCUT2D eigenvalue weighted by Crippen LogP contribution is -2.23. The summed E-state index contributed by atoms with van der Waals surface area (Å²) in [5.41, 5.74) is 28.0. The second-order valence-corrected chi connectivity index (χ2v) is 10.5. The average molecular weight is 583 g/mol. The van der Waals surface area contributed by atoms with Gasteiger partial charge >= 0.3 is 0 Å². The number of nitrogen functional groups attached to an aromatic ring is 4. The Morgan fingerprint density at radius 2 is 0.864 bits per heavy atom. The molecule has 0 radical (unpaired) electrons. The van der Waals surface area contributed by atoms with E-state index < -0.39 is 5.41 Å². The predicted octanol–water partition coefficient (Wildman–Crippen LogP) is 5.94.